The van der Waals surface area contributed by atoms with Crippen LogP contribution in [0, 0.1) is 5.92 Å². The molecule has 0 amide bonds. The zero-order valence-electron chi connectivity index (χ0n) is 17.4. The van der Waals surface area contributed by atoms with Crippen LogP contribution in [0.25, 0.3) is 16.8 Å². The molecule has 0 spiro atoms. The molecule has 3 aromatic carbocycles. The van der Waals surface area contributed by atoms with Crippen molar-refractivity contribution in [2.45, 2.75) is 30.6 Å². The molecule has 3 aromatic rings. The van der Waals surface area contributed by atoms with Crippen LogP contribution in [-0.4, -0.2) is 31.1 Å². The highest BCUT2D eigenvalue weighted by atomic mass is 32.2. The van der Waals surface area contributed by atoms with Crippen molar-refractivity contribution in [3.8, 4) is 0 Å². The molecule has 2 nitrogen and oxygen atoms in total. The first-order chi connectivity index (χ1) is 14.8. The minimum absolute atomic E-state index is 0.862. The summed E-state index contributed by atoms with van der Waals surface area (Å²) in [6.45, 7) is 4.77. The Labute approximate surface area is 183 Å². The maximum absolute atomic E-state index is 2.68. The summed E-state index contributed by atoms with van der Waals surface area (Å²) in [6.07, 6.45) is 7.61. The van der Waals surface area contributed by atoms with Gasteiger partial charge < -0.3 is 9.21 Å². The second-order valence-electron chi connectivity index (χ2n) is 8.99. The van der Waals surface area contributed by atoms with Crippen molar-refractivity contribution in [3.05, 3.63) is 77.4 Å². The highest BCUT2D eigenvalue weighted by Crippen LogP contribution is 2.45. The fourth-order valence-electron chi connectivity index (χ4n) is 5.41. The third kappa shape index (κ3) is 3.44. The third-order valence-corrected chi connectivity index (χ3v) is 8.17. The van der Waals surface area contributed by atoms with E-state index in [9.17, 15) is 0 Å². The van der Waals surface area contributed by atoms with E-state index in [-0.39, 0.29) is 0 Å². The van der Waals surface area contributed by atoms with E-state index in [1.807, 2.05) is 11.9 Å². The predicted octanol–water partition coefficient (Wildman–Crippen LogP) is 6.41. The van der Waals surface area contributed by atoms with E-state index < -0.39 is 0 Å². The van der Waals surface area contributed by atoms with Crippen LogP contribution in [-0.2, 0) is 6.42 Å². The zero-order valence-corrected chi connectivity index (χ0v) is 18.2. The Bertz CT molecular complexity index is 1110. The molecule has 2 heterocycles. The van der Waals surface area contributed by atoms with Gasteiger partial charge in [-0.2, -0.15) is 0 Å². The van der Waals surface area contributed by atoms with Gasteiger partial charge in [-0.1, -0.05) is 60.2 Å². The van der Waals surface area contributed by atoms with Crippen molar-refractivity contribution in [2.75, 3.05) is 30.5 Å². The van der Waals surface area contributed by atoms with Gasteiger partial charge in [0.25, 0.3) is 0 Å². The second kappa shape index (κ2) is 7.79. The standard InChI is InChI=1S/C27H28N2S/c1-2-6-24-19-21(18-23(24)5-1)17-20-11-13-28(14-12-20)15-16-29-25-9-3-7-22-8-4-10-26(30-29)27(22)25/h1-10,18,20H,11-17,19H2. The Morgan fingerprint density at radius 1 is 0.867 bits per heavy atom. The molecule has 0 N–H and O–H groups in total. The van der Waals surface area contributed by atoms with E-state index in [0.717, 1.165) is 19.0 Å². The SMILES string of the molecule is C1=C(CC2CCN(CCN3Sc4cccc5cccc3c45)CC2)Cc2ccccc21. The molecule has 6 rings (SSSR count). The normalized spacial score (nSPS) is 18.8. The first-order valence-electron chi connectivity index (χ1n) is 11.3. The molecule has 0 radical (unpaired) electrons. The van der Waals surface area contributed by atoms with Gasteiger partial charge in [-0.25, -0.2) is 0 Å². The van der Waals surface area contributed by atoms with Crippen LogP contribution in [0.3, 0.4) is 0 Å². The summed E-state index contributed by atoms with van der Waals surface area (Å²) in [7, 11) is 0. The molecular weight excluding hydrogens is 384 g/mol. The highest BCUT2D eigenvalue weighted by Gasteiger charge is 2.25. The molecule has 3 aliphatic rings. The second-order valence-corrected chi connectivity index (χ2v) is 10.1. The highest BCUT2D eigenvalue weighted by molar-refractivity contribution is 8.01. The van der Waals surface area contributed by atoms with E-state index in [1.165, 1.54) is 71.3 Å². The minimum atomic E-state index is 0.862. The number of hydrogen-bond donors (Lipinski definition) is 0. The number of likely N-dealkylation sites (tertiary alicyclic amines) is 1. The van der Waals surface area contributed by atoms with Gasteiger partial charge in [-0.3, -0.25) is 0 Å². The number of allylic oxidation sites excluding steroid dienone is 1. The number of anilines is 1. The molecule has 1 aliphatic carbocycles. The summed E-state index contributed by atoms with van der Waals surface area (Å²) < 4.78 is 2.50. The number of fused-ring (bicyclic) bond motifs is 1. The van der Waals surface area contributed by atoms with Crippen LogP contribution in [0.4, 0.5) is 5.69 Å². The predicted molar refractivity (Wildman–Crippen MR) is 129 cm³/mol. The van der Waals surface area contributed by atoms with Gasteiger partial charge in [0.1, 0.15) is 0 Å². The van der Waals surface area contributed by atoms with Crippen LogP contribution in [0.1, 0.15) is 30.4 Å². The van der Waals surface area contributed by atoms with E-state index in [4.69, 9.17) is 0 Å². The van der Waals surface area contributed by atoms with Crippen molar-refractivity contribution in [1.29, 1.82) is 0 Å². The van der Waals surface area contributed by atoms with Crippen molar-refractivity contribution < 1.29 is 0 Å². The average molecular weight is 413 g/mol. The monoisotopic (exact) mass is 412 g/mol. The Kier molecular flexibility index (Phi) is 4.81. The lowest BCUT2D eigenvalue weighted by molar-refractivity contribution is 0.189. The van der Waals surface area contributed by atoms with Gasteiger partial charge in [-0.15, -0.1) is 0 Å². The lowest BCUT2D eigenvalue weighted by atomic mass is 9.89. The Morgan fingerprint density at radius 2 is 1.70 bits per heavy atom. The van der Waals surface area contributed by atoms with E-state index in [0.29, 0.717) is 0 Å². The van der Waals surface area contributed by atoms with Crippen LogP contribution in [0.2, 0.25) is 0 Å². The molecule has 30 heavy (non-hydrogen) atoms. The summed E-state index contributed by atoms with van der Waals surface area (Å²) >= 11 is 1.92. The number of hydrogen-bond acceptors (Lipinski definition) is 3. The number of nitrogens with zero attached hydrogens (tertiary/aromatic N) is 2. The van der Waals surface area contributed by atoms with Crippen LogP contribution in [0.5, 0.6) is 0 Å². The van der Waals surface area contributed by atoms with E-state index >= 15 is 0 Å². The van der Waals surface area contributed by atoms with Gasteiger partial charge in [0, 0.05) is 23.4 Å². The molecule has 0 bridgehead atoms. The number of rotatable bonds is 5. The Morgan fingerprint density at radius 3 is 2.57 bits per heavy atom. The van der Waals surface area contributed by atoms with Crippen molar-refractivity contribution >= 4 is 34.5 Å². The van der Waals surface area contributed by atoms with Crippen molar-refractivity contribution in [3.63, 3.8) is 0 Å². The van der Waals surface area contributed by atoms with Crippen molar-refractivity contribution in [1.82, 2.24) is 4.90 Å². The maximum Gasteiger partial charge on any atom is 0.0564 e. The molecule has 0 aromatic heterocycles. The van der Waals surface area contributed by atoms with Gasteiger partial charge in [0.05, 0.1) is 5.69 Å². The first-order valence-corrected chi connectivity index (χ1v) is 12.1. The fourth-order valence-corrected chi connectivity index (χ4v) is 6.52. The molecule has 0 saturated carbocycles. The maximum atomic E-state index is 2.68. The quantitative estimate of drug-likeness (QED) is 0.447. The molecule has 1 fully saturated rings. The number of benzene rings is 3. The Hall–Kier alpha value is -2.23. The van der Waals surface area contributed by atoms with Crippen molar-refractivity contribution in [2.24, 2.45) is 5.92 Å². The zero-order chi connectivity index (χ0) is 19.9. The summed E-state index contributed by atoms with van der Waals surface area (Å²) in [5, 5.41) is 2.80. The van der Waals surface area contributed by atoms with Gasteiger partial charge in [0.2, 0.25) is 0 Å². The smallest absolute Gasteiger partial charge is 0.0564 e. The molecule has 152 valence electrons. The summed E-state index contributed by atoms with van der Waals surface area (Å²) in [6, 6.07) is 22.3. The topological polar surface area (TPSA) is 6.48 Å². The lowest BCUT2D eigenvalue weighted by Gasteiger charge is -2.33. The third-order valence-electron chi connectivity index (χ3n) is 7.03. The fraction of sp³-hybridized carbons (Fsp3) is 0.333. The van der Waals surface area contributed by atoms with Gasteiger partial charge in [0.15, 0.2) is 0 Å². The molecule has 3 heteroatoms. The minimum Gasteiger partial charge on any atom is -0.310 e. The molecule has 1 saturated heterocycles. The largest absolute Gasteiger partial charge is 0.310 e. The lowest BCUT2D eigenvalue weighted by Crippen LogP contribution is -2.38. The van der Waals surface area contributed by atoms with E-state index in [2.05, 4.69) is 75.9 Å². The molecule has 0 atom stereocenters. The van der Waals surface area contributed by atoms with Gasteiger partial charge in [-0.05, 0) is 85.3 Å². The van der Waals surface area contributed by atoms with E-state index in [1.54, 1.807) is 5.57 Å². The van der Waals surface area contributed by atoms with Crippen LogP contribution >= 0.6 is 11.9 Å². The van der Waals surface area contributed by atoms with Crippen LogP contribution in [0.15, 0.2) is 71.1 Å². The first kappa shape index (κ1) is 18.5. The molecule has 2 aliphatic heterocycles. The Balaban J connectivity index is 1.02. The average Bonchev–Trinajstić information content (AvgIpc) is 3.36. The van der Waals surface area contributed by atoms with Crippen LogP contribution < -0.4 is 4.31 Å². The number of piperidine rings is 1. The molecule has 0 unspecified atom stereocenters. The summed E-state index contributed by atoms with van der Waals surface area (Å²) in [4.78, 5) is 4.09. The van der Waals surface area contributed by atoms with Gasteiger partial charge >= 0.3 is 0 Å². The molecular formula is C27H28N2S. The summed E-state index contributed by atoms with van der Waals surface area (Å²) in [5.74, 6) is 0.862. The summed E-state index contributed by atoms with van der Waals surface area (Å²) in [5.41, 5.74) is 6.01.